The molecule has 1 fully saturated rings. The lowest BCUT2D eigenvalue weighted by atomic mass is 10.1. The van der Waals surface area contributed by atoms with Gasteiger partial charge in [-0.1, -0.05) is 12.1 Å². The van der Waals surface area contributed by atoms with E-state index < -0.39 is 10.0 Å². The molecule has 1 aliphatic heterocycles. The monoisotopic (exact) mass is 360 g/mol. The average Bonchev–Trinajstić information content (AvgIpc) is 3.16. The van der Waals surface area contributed by atoms with E-state index in [0.717, 1.165) is 12.8 Å². The molecular weight excluding hydrogens is 340 g/mol. The molecule has 3 rings (SSSR count). The molecule has 6 nitrogen and oxygen atoms in total. The molecule has 1 saturated heterocycles. The van der Waals surface area contributed by atoms with Crippen LogP contribution in [0.4, 0.5) is 5.69 Å². The smallest absolute Gasteiger partial charge is 0.261 e. The van der Waals surface area contributed by atoms with Crippen LogP contribution < -0.4 is 9.46 Å². The Morgan fingerprint density at radius 1 is 1.04 bits per heavy atom. The first kappa shape index (κ1) is 17.3. The van der Waals surface area contributed by atoms with Gasteiger partial charge in [-0.05, 0) is 49.2 Å². The summed E-state index contributed by atoms with van der Waals surface area (Å²) >= 11 is 0. The quantitative estimate of drug-likeness (QED) is 0.890. The number of ether oxygens (including phenoxy) is 1. The van der Waals surface area contributed by atoms with Gasteiger partial charge in [-0.3, -0.25) is 9.52 Å². The van der Waals surface area contributed by atoms with Gasteiger partial charge in [0.1, 0.15) is 5.75 Å². The number of likely N-dealkylation sites (tertiary alicyclic amines) is 1. The van der Waals surface area contributed by atoms with Gasteiger partial charge in [-0.25, -0.2) is 8.42 Å². The number of benzene rings is 2. The Morgan fingerprint density at radius 2 is 1.68 bits per heavy atom. The van der Waals surface area contributed by atoms with Crippen molar-refractivity contribution in [2.24, 2.45) is 0 Å². The predicted molar refractivity (Wildman–Crippen MR) is 95.4 cm³/mol. The zero-order valence-electron chi connectivity index (χ0n) is 13.9. The number of carbonyl (C=O) groups excluding carboxylic acids is 1. The largest absolute Gasteiger partial charge is 0.497 e. The Hall–Kier alpha value is -2.54. The zero-order valence-corrected chi connectivity index (χ0v) is 14.8. The number of nitrogens with zero attached hydrogens (tertiary/aromatic N) is 1. The topological polar surface area (TPSA) is 75.7 Å². The maximum atomic E-state index is 12.6. The SMILES string of the molecule is COc1ccc(S(=O)(=O)Nc2ccccc2C(=O)N2CCCC2)cc1. The molecule has 0 spiro atoms. The maximum Gasteiger partial charge on any atom is 0.261 e. The van der Waals surface area contributed by atoms with Crippen LogP contribution >= 0.6 is 0 Å². The van der Waals surface area contributed by atoms with Crippen LogP contribution in [-0.2, 0) is 10.0 Å². The van der Waals surface area contributed by atoms with E-state index in [0.29, 0.717) is 24.4 Å². The summed E-state index contributed by atoms with van der Waals surface area (Å²) in [6.07, 6.45) is 1.96. The molecule has 0 radical (unpaired) electrons. The van der Waals surface area contributed by atoms with Gasteiger partial charge < -0.3 is 9.64 Å². The molecule has 0 aliphatic carbocycles. The van der Waals surface area contributed by atoms with E-state index in [4.69, 9.17) is 4.74 Å². The van der Waals surface area contributed by atoms with Gasteiger partial charge in [0.05, 0.1) is 23.3 Å². The van der Waals surface area contributed by atoms with Crippen LogP contribution in [-0.4, -0.2) is 39.4 Å². The van der Waals surface area contributed by atoms with Crippen molar-refractivity contribution in [3.05, 3.63) is 54.1 Å². The third-order valence-electron chi connectivity index (χ3n) is 4.16. The summed E-state index contributed by atoms with van der Waals surface area (Å²) in [6.45, 7) is 1.41. The normalized spacial score (nSPS) is 14.4. The summed E-state index contributed by atoms with van der Waals surface area (Å²) in [5.74, 6) is 0.425. The predicted octanol–water partition coefficient (Wildman–Crippen LogP) is 2.73. The maximum absolute atomic E-state index is 12.6. The lowest BCUT2D eigenvalue weighted by Crippen LogP contribution is -2.28. The fraction of sp³-hybridized carbons (Fsp3) is 0.278. The molecule has 0 unspecified atom stereocenters. The summed E-state index contributed by atoms with van der Waals surface area (Å²) in [5, 5.41) is 0. The summed E-state index contributed by atoms with van der Waals surface area (Å²) in [4.78, 5) is 14.5. The minimum absolute atomic E-state index is 0.108. The number of rotatable bonds is 5. The van der Waals surface area contributed by atoms with Crippen LogP contribution in [0.5, 0.6) is 5.75 Å². The molecule has 0 saturated carbocycles. The van der Waals surface area contributed by atoms with E-state index in [1.165, 1.54) is 19.2 Å². The van der Waals surface area contributed by atoms with Crippen LogP contribution in [0, 0.1) is 0 Å². The second-order valence-electron chi connectivity index (χ2n) is 5.83. The van der Waals surface area contributed by atoms with Crippen LogP contribution in [0.15, 0.2) is 53.4 Å². The van der Waals surface area contributed by atoms with Crippen molar-refractivity contribution in [2.45, 2.75) is 17.7 Å². The minimum Gasteiger partial charge on any atom is -0.497 e. The highest BCUT2D eigenvalue weighted by atomic mass is 32.2. The second-order valence-corrected chi connectivity index (χ2v) is 7.51. The molecule has 0 aromatic heterocycles. The standard InChI is InChI=1S/C18H20N2O4S/c1-24-14-8-10-15(11-9-14)25(22,23)19-17-7-3-2-6-16(17)18(21)20-12-4-5-13-20/h2-3,6-11,19H,4-5,12-13H2,1H3. The van der Waals surface area contributed by atoms with E-state index in [1.807, 2.05) is 0 Å². The van der Waals surface area contributed by atoms with Gasteiger partial charge in [0, 0.05) is 13.1 Å². The minimum atomic E-state index is -3.79. The molecule has 2 aromatic carbocycles. The molecule has 25 heavy (non-hydrogen) atoms. The Balaban J connectivity index is 1.87. The Kier molecular flexibility index (Phi) is 4.94. The van der Waals surface area contributed by atoms with Gasteiger partial charge in [-0.2, -0.15) is 0 Å². The molecule has 1 aliphatic rings. The third-order valence-corrected chi connectivity index (χ3v) is 5.55. The molecule has 1 heterocycles. The van der Waals surface area contributed by atoms with Crippen molar-refractivity contribution < 1.29 is 17.9 Å². The number of amides is 1. The Labute approximate surface area is 147 Å². The van der Waals surface area contributed by atoms with Gasteiger partial charge in [0.2, 0.25) is 0 Å². The van der Waals surface area contributed by atoms with Crippen molar-refractivity contribution in [3.63, 3.8) is 0 Å². The van der Waals surface area contributed by atoms with E-state index in [2.05, 4.69) is 4.72 Å². The van der Waals surface area contributed by atoms with Gasteiger partial charge in [-0.15, -0.1) is 0 Å². The first-order valence-corrected chi connectivity index (χ1v) is 9.55. The molecule has 0 bridgehead atoms. The van der Waals surface area contributed by atoms with Gasteiger partial charge in [0.25, 0.3) is 15.9 Å². The lowest BCUT2D eigenvalue weighted by molar-refractivity contribution is 0.0794. The Morgan fingerprint density at radius 3 is 2.32 bits per heavy atom. The third kappa shape index (κ3) is 3.76. The molecule has 7 heteroatoms. The number of carbonyl (C=O) groups is 1. The summed E-state index contributed by atoms with van der Waals surface area (Å²) in [7, 11) is -2.28. The van der Waals surface area contributed by atoms with E-state index >= 15 is 0 Å². The van der Waals surface area contributed by atoms with E-state index in [1.54, 1.807) is 41.3 Å². The molecule has 0 atom stereocenters. The van der Waals surface area contributed by atoms with Gasteiger partial charge in [0.15, 0.2) is 0 Å². The average molecular weight is 360 g/mol. The molecule has 1 N–H and O–H groups in total. The summed E-state index contributed by atoms with van der Waals surface area (Å²) in [6, 6.07) is 12.8. The van der Waals surface area contributed by atoms with Crippen molar-refractivity contribution >= 4 is 21.6 Å². The Bertz CT molecular complexity index is 857. The molecular formula is C18H20N2O4S. The molecule has 2 aromatic rings. The number of para-hydroxylation sites is 1. The summed E-state index contributed by atoms with van der Waals surface area (Å²) < 4.78 is 32.8. The van der Waals surface area contributed by atoms with Crippen molar-refractivity contribution in [3.8, 4) is 5.75 Å². The number of hydrogen-bond donors (Lipinski definition) is 1. The number of hydrogen-bond acceptors (Lipinski definition) is 4. The highest BCUT2D eigenvalue weighted by molar-refractivity contribution is 7.92. The highest BCUT2D eigenvalue weighted by Gasteiger charge is 2.23. The van der Waals surface area contributed by atoms with E-state index in [9.17, 15) is 13.2 Å². The van der Waals surface area contributed by atoms with Crippen LogP contribution in [0.3, 0.4) is 0 Å². The summed E-state index contributed by atoms with van der Waals surface area (Å²) in [5.41, 5.74) is 0.650. The van der Waals surface area contributed by atoms with Crippen LogP contribution in [0.25, 0.3) is 0 Å². The molecule has 1 amide bonds. The first-order valence-electron chi connectivity index (χ1n) is 8.06. The highest BCUT2D eigenvalue weighted by Crippen LogP contribution is 2.24. The second kappa shape index (κ2) is 7.14. The number of anilines is 1. The van der Waals surface area contributed by atoms with Crippen LogP contribution in [0.1, 0.15) is 23.2 Å². The number of nitrogens with one attached hydrogen (secondary N) is 1. The fourth-order valence-electron chi connectivity index (χ4n) is 2.81. The van der Waals surface area contributed by atoms with E-state index in [-0.39, 0.29) is 16.5 Å². The fourth-order valence-corrected chi connectivity index (χ4v) is 3.89. The zero-order chi connectivity index (χ0) is 17.9. The first-order chi connectivity index (χ1) is 12.0. The van der Waals surface area contributed by atoms with Gasteiger partial charge >= 0.3 is 0 Å². The number of methoxy groups -OCH3 is 1. The lowest BCUT2D eigenvalue weighted by Gasteiger charge is -2.18. The van der Waals surface area contributed by atoms with Crippen molar-refractivity contribution in [2.75, 3.05) is 24.9 Å². The van der Waals surface area contributed by atoms with Crippen LogP contribution in [0.2, 0.25) is 0 Å². The van der Waals surface area contributed by atoms with Crippen molar-refractivity contribution in [1.82, 2.24) is 4.90 Å². The van der Waals surface area contributed by atoms with Crippen molar-refractivity contribution in [1.29, 1.82) is 0 Å². The number of sulfonamides is 1. The molecule has 132 valence electrons.